The molecule has 2 aliphatic heterocycles. The van der Waals surface area contributed by atoms with Crippen molar-refractivity contribution >= 4 is 11.6 Å². The summed E-state index contributed by atoms with van der Waals surface area (Å²) in [5, 5.41) is 3.10. The van der Waals surface area contributed by atoms with Gasteiger partial charge in [0.2, 0.25) is 5.91 Å². The Kier molecular flexibility index (Phi) is 5.04. The van der Waals surface area contributed by atoms with Gasteiger partial charge in [-0.2, -0.15) is 0 Å². The Morgan fingerprint density at radius 1 is 1.41 bits per heavy atom. The van der Waals surface area contributed by atoms with E-state index in [9.17, 15) is 9.59 Å². The smallest absolute Gasteiger partial charge is 0.272 e. The van der Waals surface area contributed by atoms with E-state index in [0.717, 1.165) is 67.9 Å². The van der Waals surface area contributed by atoms with E-state index in [0.29, 0.717) is 13.0 Å². The molecule has 2 aromatic heterocycles. The lowest BCUT2D eigenvalue weighted by Crippen LogP contribution is -2.29. The third-order valence-corrected chi connectivity index (χ3v) is 5.96. The molecule has 1 N–H and O–H groups in total. The fourth-order valence-corrected chi connectivity index (χ4v) is 4.39. The first-order valence-corrected chi connectivity index (χ1v) is 10.1. The lowest BCUT2D eigenvalue weighted by atomic mass is 10.0. The minimum Gasteiger partial charge on any atom is -0.378 e. The van der Waals surface area contributed by atoms with Crippen molar-refractivity contribution in [2.75, 3.05) is 19.7 Å². The summed E-state index contributed by atoms with van der Waals surface area (Å²) >= 11 is 0. The summed E-state index contributed by atoms with van der Waals surface area (Å²) in [6, 6.07) is 1.62. The van der Waals surface area contributed by atoms with Crippen molar-refractivity contribution in [1.82, 2.24) is 19.5 Å². The van der Waals surface area contributed by atoms with Crippen LogP contribution in [0.25, 0.3) is 5.65 Å². The SMILES string of the molecule is CCc1c(C)[nH]n2c(=O)cc(C3CCN(C(=O)CCC4CCCO4)C3)nc12. The second kappa shape index (κ2) is 7.46. The van der Waals surface area contributed by atoms with Crippen molar-refractivity contribution < 1.29 is 9.53 Å². The van der Waals surface area contributed by atoms with Crippen LogP contribution < -0.4 is 5.56 Å². The first-order valence-electron chi connectivity index (χ1n) is 10.1. The van der Waals surface area contributed by atoms with E-state index in [-0.39, 0.29) is 23.5 Å². The maximum Gasteiger partial charge on any atom is 0.272 e. The highest BCUT2D eigenvalue weighted by Gasteiger charge is 2.29. The number of likely N-dealkylation sites (tertiary alicyclic amines) is 1. The van der Waals surface area contributed by atoms with Crippen LogP contribution in [0.1, 0.15) is 61.9 Å². The summed E-state index contributed by atoms with van der Waals surface area (Å²) in [6.07, 6.45) is 5.47. The lowest BCUT2D eigenvalue weighted by Gasteiger charge is -2.17. The molecule has 0 bridgehead atoms. The Morgan fingerprint density at radius 2 is 2.26 bits per heavy atom. The van der Waals surface area contributed by atoms with Crippen molar-refractivity contribution in [3.05, 3.63) is 33.4 Å². The molecule has 7 heteroatoms. The minimum atomic E-state index is -0.0824. The molecular formula is C20H28N4O3. The fourth-order valence-electron chi connectivity index (χ4n) is 4.39. The predicted molar refractivity (Wildman–Crippen MR) is 102 cm³/mol. The van der Waals surface area contributed by atoms with Gasteiger partial charge in [0.25, 0.3) is 5.56 Å². The second-order valence-electron chi connectivity index (χ2n) is 7.75. The Balaban J connectivity index is 1.46. The van der Waals surface area contributed by atoms with Crippen LogP contribution in [0, 0.1) is 6.92 Å². The Hall–Kier alpha value is -2.15. The highest BCUT2D eigenvalue weighted by atomic mass is 16.5. The van der Waals surface area contributed by atoms with Crippen molar-refractivity contribution in [2.45, 2.75) is 64.4 Å². The minimum absolute atomic E-state index is 0.0824. The average Bonchev–Trinajstić information content (AvgIpc) is 3.39. The normalized spacial score (nSPS) is 22.8. The Labute approximate surface area is 158 Å². The van der Waals surface area contributed by atoms with Crippen LogP contribution >= 0.6 is 0 Å². The molecule has 4 heterocycles. The summed E-state index contributed by atoms with van der Waals surface area (Å²) in [7, 11) is 0. The van der Waals surface area contributed by atoms with Gasteiger partial charge in [-0.05, 0) is 39.0 Å². The van der Waals surface area contributed by atoms with Gasteiger partial charge in [-0.1, -0.05) is 6.92 Å². The molecule has 0 spiro atoms. The summed E-state index contributed by atoms with van der Waals surface area (Å²) in [5.41, 5.74) is 3.51. The molecule has 7 nitrogen and oxygen atoms in total. The predicted octanol–water partition coefficient (Wildman–Crippen LogP) is 2.17. The number of H-pyrrole nitrogens is 1. The quantitative estimate of drug-likeness (QED) is 0.872. The monoisotopic (exact) mass is 372 g/mol. The molecule has 0 radical (unpaired) electrons. The molecule has 146 valence electrons. The number of aryl methyl sites for hydroxylation is 2. The molecule has 2 atom stereocenters. The molecule has 0 aliphatic carbocycles. The first kappa shape index (κ1) is 18.2. The highest BCUT2D eigenvalue weighted by Crippen LogP contribution is 2.27. The number of hydrogen-bond donors (Lipinski definition) is 1. The molecule has 27 heavy (non-hydrogen) atoms. The van der Waals surface area contributed by atoms with E-state index in [1.165, 1.54) is 4.52 Å². The molecule has 2 aliphatic rings. The zero-order chi connectivity index (χ0) is 19.0. The number of rotatable bonds is 5. The number of aromatic amines is 1. The van der Waals surface area contributed by atoms with Gasteiger partial charge in [0.15, 0.2) is 5.65 Å². The van der Waals surface area contributed by atoms with Crippen LogP contribution in [-0.2, 0) is 16.0 Å². The fraction of sp³-hybridized carbons (Fsp3) is 0.650. The molecule has 0 saturated carbocycles. The molecule has 1 amide bonds. The van der Waals surface area contributed by atoms with Gasteiger partial charge < -0.3 is 9.64 Å². The number of fused-ring (bicyclic) bond motifs is 1. The van der Waals surface area contributed by atoms with Crippen LogP contribution in [0.15, 0.2) is 10.9 Å². The molecule has 0 aromatic carbocycles. The molecule has 2 aromatic rings. The molecule has 2 fully saturated rings. The van der Waals surface area contributed by atoms with Crippen molar-refractivity contribution in [3.8, 4) is 0 Å². The summed E-state index contributed by atoms with van der Waals surface area (Å²) in [4.78, 5) is 31.8. The number of carbonyl (C=O) groups excluding carboxylic acids is 1. The number of nitrogens with one attached hydrogen (secondary N) is 1. The number of amides is 1. The highest BCUT2D eigenvalue weighted by molar-refractivity contribution is 5.76. The third kappa shape index (κ3) is 3.52. The van der Waals surface area contributed by atoms with E-state index >= 15 is 0 Å². The molecule has 2 unspecified atom stereocenters. The summed E-state index contributed by atoms with van der Waals surface area (Å²) in [6.45, 7) is 6.25. The Morgan fingerprint density at radius 3 is 3.00 bits per heavy atom. The number of carbonyl (C=O) groups is 1. The maximum atomic E-state index is 12.5. The van der Waals surface area contributed by atoms with Crippen LogP contribution in [0.3, 0.4) is 0 Å². The maximum absolute atomic E-state index is 12.5. The van der Waals surface area contributed by atoms with Crippen LogP contribution in [0.5, 0.6) is 0 Å². The van der Waals surface area contributed by atoms with Crippen LogP contribution in [0.4, 0.5) is 0 Å². The number of ether oxygens (including phenoxy) is 1. The lowest BCUT2D eigenvalue weighted by molar-refractivity contribution is -0.130. The molecule has 2 saturated heterocycles. The first-order chi connectivity index (χ1) is 13.1. The molecule has 4 rings (SSSR count). The zero-order valence-electron chi connectivity index (χ0n) is 16.2. The van der Waals surface area contributed by atoms with Crippen molar-refractivity contribution in [2.24, 2.45) is 0 Å². The number of nitrogens with zero attached hydrogens (tertiary/aromatic N) is 3. The summed E-state index contributed by atoms with van der Waals surface area (Å²) < 4.78 is 7.14. The molecular weight excluding hydrogens is 344 g/mol. The zero-order valence-corrected chi connectivity index (χ0v) is 16.2. The number of hydrogen-bond acceptors (Lipinski definition) is 4. The third-order valence-electron chi connectivity index (χ3n) is 5.96. The largest absolute Gasteiger partial charge is 0.378 e. The average molecular weight is 372 g/mol. The van der Waals surface area contributed by atoms with Gasteiger partial charge in [0.1, 0.15) is 0 Å². The van der Waals surface area contributed by atoms with Crippen LogP contribution in [-0.4, -0.2) is 51.2 Å². The van der Waals surface area contributed by atoms with E-state index in [1.54, 1.807) is 6.07 Å². The second-order valence-corrected chi connectivity index (χ2v) is 7.75. The summed E-state index contributed by atoms with van der Waals surface area (Å²) in [5.74, 6) is 0.326. The standard InChI is InChI=1S/C20H28N4O3/c1-3-16-13(2)22-24-19(26)11-17(21-20(16)24)14-8-9-23(12-14)18(25)7-6-15-5-4-10-27-15/h11,14-15,22H,3-10,12H2,1-2H3. The van der Waals surface area contributed by atoms with Gasteiger partial charge in [-0.15, -0.1) is 0 Å². The van der Waals surface area contributed by atoms with E-state index in [2.05, 4.69) is 12.0 Å². The van der Waals surface area contributed by atoms with Gasteiger partial charge in [0.05, 0.1) is 11.8 Å². The van der Waals surface area contributed by atoms with Crippen LogP contribution in [0.2, 0.25) is 0 Å². The van der Waals surface area contributed by atoms with Gasteiger partial charge in [0, 0.05) is 49.4 Å². The topological polar surface area (TPSA) is 79.7 Å². The van der Waals surface area contributed by atoms with Crippen molar-refractivity contribution in [3.63, 3.8) is 0 Å². The van der Waals surface area contributed by atoms with Gasteiger partial charge in [-0.25, -0.2) is 9.50 Å². The van der Waals surface area contributed by atoms with E-state index in [4.69, 9.17) is 9.72 Å². The van der Waals surface area contributed by atoms with Gasteiger partial charge in [-0.3, -0.25) is 14.7 Å². The van der Waals surface area contributed by atoms with Gasteiger partial charge >= 0.3 is 0 Å². The number of aromatic nitrogens is 3. The van der Waals surface area contributed by atoms with E-state index < -0.39 is 0 Å². The van der Waals surface area contributed by atoms with Crippen molar-refractivity contribution in [1.29, 1.82) is 0 Å². The van der Waals surface area contributed by atoms with E-state index in [1.807, 2.05) is 11.8 Å². The Bertz CT molecular complexity index is 894.